The van der Waals surface area contributed by atoms with E-state index in [1.54, 1.807) is 38.1 Å². The Morgan fingerprint density at radius 2 is 1.57 bits per heavy atom. The molecule has 2 rings (SSSR count). The van der Waals surface area contributed by atoms with Gasteiger partial charge in [-0.3, -0.25) is 14.4 Å². The number of rotatable bonds is 7. The summed E-state index contributed by atoms with van der Waals surface area (Å²) in [5.74, 6) is -1.94. The molecule has 0 saturated heterocycles. The normalized spacial score (nSPS) is 10.5. The van der Waals surface area contributed by atoms with E-state index < -0.39 is 11.7 Å². The zero-order valence-electron chi connectivity index (χ0n) is 15.5. The Morgan fingerprint density at radius 3 is 2.14 bits per heavy atom. The molecule has 0 aromatic heterocycles. The number of halogens is 2. The lowest BCUT2D eigenvalue weighted by Crippen LogP contribution is -2.35. The van der Waals surface area contributed by atoms with Crippen LogP contribution >= 0.6 is 11.6 Å². The number of carbonyl (C=O) groups excluding carboxylic acids is 3. The van der Waals surface area contributed by atoms with E-state index in [4.69, 9.17) is 11.6 Å². The summed E-state index contributed by atoms with van der Waals surface area (Å²) in [4.78, 5) is 35.8. The molecule has 0 saturated carbocycles. The van der Waals surface area contributed by atoms with Gasteiger partial charge in [-0.05, 0) is 36.4 Å². The molecule has 28 heavy (non-hydrogen) atoms. The number of hydrogen-bond acceptors (Lipinski definition) is 3. The smallest absolute Gasteiger partial charge is 0.255 e. The van der Waals surface area contributed by atoms with Crippen LogP contribution in [0.3, 0.4) is 0 Å². The fraction of sp³-hybridized carbons (Fsp3) is 0.250. The fourth-order valence-electron chi connectivity index (χ4n) is 2.25. The van der Waals surface area contributed by atoms with E-state index in [-0.39, 0.29) is 41.4 Å². The summed E-state index contributed by atoms with van der Waals surface area (Å²) in [6, 6.07) is 10.4. The minimum atomic E-state index is -0.710. The van der Waals surface area contributed by atoms with Crippen LogP contribution in [0.2, 0.25) is 5.02 Å². The van der Waals surface area contributed by atoms with E-state index in [2.05, 4.69) is 16.0 Å². The summed E-state index contributed by atoms with van der Waals surface area (Å²) in [6.07, 6.45) is 0. The van der Waals surface area contributed by atoms with E-state index in [9.17, 15) is 18.8 Å². The van der Waals surface area contributed by atoms with E-state index in [0.717, 1.165) is 6.07 Å². The molecule has 3 N–H and O–H groups in total. The lowest BCUT2D eigenvalue weighted by Gasteiger charge is -2.10. The van der Waals surface area contributed by atoms with Crippen LogP contribution in [0.4, 0.5) is 10.1 Å². The monoisotopic (exact) mass is 405 g/mol. The Bertz CT molecular complexity index is 849. The predicted octanol–water partition coefficient (Wildman–Crippen LogP) is 3.23. The number of hydrogen-bond donors (Lipinski definition) is 3. The van der Waals surface area contributed by atoms with E-state index in [0.29, 0.717) is 11.3 Å². The summed E-state index contributed by atoms with van der Waals surface area (Å²) >= 11 is 5.83. The predicted molar refractivity (Wildman–Crippen MR) is 106 cm³/mol. The van der Waals surface area contributed by atoms with Gasteiger partial charge in [0.25, 0.3) is 11.8 Å². The molecule has 2 aromatic carbocycles. The first kappa shape index (κ1) is 21.4. The molecular formula is C20H21ClFN3O3. The molecule has 0 aliphatic carbocycles. The van der Waals surface area contributed by atoms with Gasteiger partial charge in [0, 0.05) is 30.3 Å². The van der Waals surface area contributed by atoms with Gasteiger partial charge in [0.15, 0.2) is 0 Å². The number of amides is 3. The highest BCUT2D eigenvalue weighted by Gasteiger charge is 2.15. The molecule has 6 nitrogen and oxygen atoms in total. The molecule has 0 fully saturated rings. The number of carbonyl (C=O) groups is 3. The van der Waals surface area contributed by atoms with Crippen LogP contribution in [-0.4, -0.2) is 30.8 Å². The maximum Gasteiger partial charge on any atom is 0.255 e. The SMILES string of the molecule is CC(C)C(=O)Nc1ccc(C(=O)NCCNC(=O)c2c(F)cccc2Cl)cc1. The molecule has 0 atom stereocenters. The van der Waals surface area contributed by atoms with Gasteiger partial charge < -0.3 is 16.0 Å². The van der Waals surface area contributed by atoms with Gasteiger partial charge in [0.05, 0.1) is 10.6 Å². The third-order valence-electron chi connectivity index (χ3n) is 3.82. The molecule has 0 aliphatic heterocycles. The van der Waals surface area contributed by atoms with Crippen molar-refractivity contribution in [3.05, 3.63) is 64.4 Å². The molecular weight excluding hydrogens is 385 g/mol. The van der Waals surface area contributed by atoms with Crippen molar-refractivity contribution in [3.63, 3.8) is 0 Å². The van der Waals surface area contributed by atoms with Crippen molar-refractivity contribution in [2.24, 2.45) is 5.92 Å². The van der Waals surface area contributed by atoms with Crippen molar-refractivity contribution in [3.8, 4) is 0 Å². The molecule has 0 radical (unpaired) electrons. The van der Waals surface area contributed by atoms with Crippen LogP contribution in [0, 0.1) is 11.7 Å². The summed E-state index contributed by atoms with van der Waals surface area (Å²) in [7, 11) is 0. The van der Waals surface area contributed by atoms with Crippen molar-refractivity contribution >= 4 is 35.0 Å². The van der Waals surface area contributed by atoms with Gasteiger partial charge in [0.1, 0.15) is 5.82 Å². The third-order valence-corrected chi connectivity index (χ3v) is 4.14. The van der Waals surface area contributed by atoms with Gasteiger partial charge in [-0.1, -0.05) is 31.5 Å². The average Bonchev–Trinajstić information content (AvgIpc) is 2.65. The number of nitrogens with one attached hydrogen (secondary N) is 3. The Labute approximate surface area is 167 Å². The minimum absolute atomic E-state index is 0.0196. The van der Waals surface area contributed by atoms with Gasteiger partial charge in [0.2, 0.25) is 5.91 Å². The molecule has 0 aliphatic rings. The second kappa shape index (κ2) is 9.85. The lowest BCUT2D eigenvalue weighted by atomic mass is 10.1. The topological polar surface area (TPSA) is 87.3 Å². The second-order valence-corrected chi connectivity index (χ2v) is 6.74. The summed E-state index contributed by atoms with van der Waals surface area (Å²) < 4.78 is 13.7. The zero-order chi connectivity index (χ0) is 20.7. The van der Waals surface area contributed by atoms with Crippen LogP contribution in [0.1, 0.15) is 34.6 Å². The van der Waals surface area contributed by atoms with Gasteiger partial charge in [-0.2, -0.15) is 0 Å². The zero-order valence-corrected chi connectivity index (χ0v) is 16.3. The maximum absolute atomic E-state index is 13.7. The van der Waals surface area contributed by atoms with Crippen LogP contribution in [0.25, 0.3) is 0 Å². The Balaban J connectivity index is 1.81. The van der Waals surface area contributed by atoms with Crippen molar-refractivity contribution < 1.29 is 18.8 Å². The Hall–Kier alpha value is -2.93. The van der Waals surface area contributed by atoms with Crippen LogP contribution < -0.4 is 16.0 Å². The summed E-state index contributed by atoms with van der Waals surface area (Å²) in [6.45, 7) is 3.84. The number of anilines is 1. The van der Waals surface area contributed by atoms with E-state index >= 15 is 0 Å². The molecule has 0 heterocycles. The fourth-order valence-corrected chi connectivity index (χ4v) is 2.50. The van der Waals surface area contributed by atoms with Gasteiger partial charge >= 0.3 is 0 Å². The maximum atomic E-state index is 13.7. The highest BCUT2D eigenvalue weighted by atomic mass is 35.5. The third kappa shape index (κ3) is 5.79. The molecule has 0 bridgehead atoms. The first-order valence-electron chi connectivity index (χ1n) is 8.71. The largest absolute Gasteiger partial charge is 0.350 e. The Kier molecular flexibility index (Phi) is 7.52. The van der Waals surface area contributed by atoms with E-state index in [1.165, 1.54) is 12.1 Å². The summed E-state index contributed by atoms with van der Waals surface area (Å²) in [5, 5.41) is 7.91. The van der Waals surface area contributed by atoms with Crippen molar-refractivity contribution in [2.45, 2.75) is 13.8 Å². The molecule has 3 amide bonds. The van der Waals surface area contributed by atoms with Crippen LogP contribution in [0.5, 0.6) is 0 Å². The first-order valence-corrected chi connectivity index (χ1v) is 9.08. The van der Waals surface area contributed by atoms with Crippen molar-refractivity contribution in [1.82, 2.24) is 10.6 Å². The van der Waals surface area contributed by atoms with Crippen LogP contribution in [0.15, 0.2) is 42.5 Å². The molecule has 8 heteroatoms. The molecule has 2 aromatic rings. The Morgan fingerprint density at radius 1 is 0.964 bits per heavy atom. The average molecular weight is 406 g/mol. The summed E-state index contributed by atoms with van der Waals surface area (Å²) in [5.41, 5.74) is 0.782. The lowest BCUT2D eigenvalue weighted by molar-refractivity contribution is -0.118. The molecule has 0 spiro atoms. The van der Waals surface area contributed by atoms with Gasteiger partial charge in [-0.25, -0.2) is 4.39 Å². The molecule has 0 unspecified atom stereocenters. The first-order chi connectivity index (χ1) is 13.3. The van der Waals surface area contributed by atoms with Crippen LogP contribution in [-0.2, 0) is 4.79 Å². The second-order valence-electron chi connectivity index (χ2n) is 6.33. The van der Waals surface area contributed by atoms with Crippen molar-refractivity contribution in [2.75, 3.05) is 18.4 Å². The minimum Gasteiger partial charge on any atom is -0.350 e. The quantitative estimate of drug-likeness (QED) is 0.618. The number of benzene rings is 2. The highest BCUT2D eigenvalue weighted by Crippen LogP contribution is 2.18. The highest BCUT2D eigenvalue weighted by molar-refractivity contribution is 6.33. The van der Waals surface area contributed by atoms with Crippen molar-refractivity contribution in [1.29, 1.82) is 0 Å². The standard InChI is InChI=1S/C20H21ClFN3O3/c1-12(2)18(26)25-14-8-6-13(7-9-14)19(27)23-10-11-24-20(28)17-15(21)4-3-5-16(17)22/h3-9,12H,10-11H2,1-2H3,(H,23,27)(H,24,28)(H,25,26). The van der Waals surface area contributed by atoms with E-state index in [1.807, 2.05) is 0 Å². The molecule has 148 valence electrons. The van der Waals surface area contributed by atoms with Gasteiger partial charge in [-0.15, -0.1) is 0 Å².